The zero-order valence-corrected chi connectivity index (χ0v) is 17.2. The third-order valence-electron chi connectivity index (χ3n) is 4.99. The van der Waals surface area contributed by atoms with Gasteiger partial charge in [0.15, 0.2) is 0 Å². The summed E-state index contributed by atoms with van der Waals surface area (Å²) in [6, 6.07) is 11.1. The van der Waals surface area contributed by atoms with Crippen LogP contribution in [0.2, 0.25) is 0 Å². The van der Waals surface area contributed by atoms with Gasteiger partial charge in [0, 0.05) is 18.0 Å². The number of ether oxygens (including phenoxy) is 1. The van der Waals surface area contributed by atoms with Crippen molar-refractivity contribution in [3.05, 3.63) is 59.5 Å². The van der Waals surface area contributed by atoms with Crippen LogP contribution in [-0.4, -0.2) is 30.9 Å². The maximum Gasteiger partial charge on any atom is 0.354 e. The Kier molecular flexibility index (Phi) is 7.06. The molecule has 1 aromatic carbocycles. The number of furan rings is 1. The number of carbonyl (C=O) groups excluding carboxylic acids is 3. The van der Waals surface area contributed by atoms with Crippen molar-refractivity contribution in [2.75, 3.05) is 13.2 Å². The Morgan fingerprint density at radius 2 is 2.07 bits per heavy atom. The summed E-state index contributed by atoms with van der Waals surface area (Å²) in [5.74, 6) is -0.0515. The van der Waals surface area contributed by atoms with Crippen molar-refractivity contribution >= 4 is 17.8 Å². The molecule has 7 nitrogen and oxygen atoms in total. The minimum absolute atomic E-state index is 0.0348. The summed E-state index contributed by atoms with van der Waals surface area (Å²) in [4.78, 5) is 36.8. The van der Waals surface area contributed by atoms with E-state index in [9.17, 15) is 14.4 Å². The number of benzene rings is 1. The Morgan fingerprint density at radius 1 is 1.30 bits per heavy atom. The molecule has 2 N–H and O–H groups in total. The molecule has 2 aromatic rings. The van der Waals surface area contributed by atoms with Gasteiger partial charge in [-0.15, -0.1) is 0 Å². The van der Waals surface area contributed by atoms with E-state index in [0.29, 0.717) is 36.5 Å². The second-order valence-electron chi connectivity index (χ2n) is 7.09. The van der Waals surface area contributed by atoms with Gasteiger partial charge >= 0.3 is 5.97 Å². The van der Waals surface area contributed by atoms with Crippen LogP contribution in [0.4, 0.5) is 0 Å². The Balaban J connectivity index is 1.72. The van der Waals surface area contributed by atoms with E-state index in [2.05, 4.69) is 10.6 Å². The van der Waals surface area contributed by atoms with Gasteiger partial charge in [0.1, 0.15) is 17.2 Å². The second-order valence-corrected chi connectivity index (χ2v) is 7.09. The van der Waals surface area contributed by atoms with E-state index >= 15 is 0 Å². The van der Waals surface area contributed by atoms with Gasteiger partial charge in [-0.25, -0.2) is 4.79 Å². The molecule has 1 aliphatic heterocycles. The van der Waals surface area contributed by atoms with Gasteiger partial charge in [-0.1, -0.05) is 36.4 Å². The van der Waals surface area contributed by atoms with Gasteiger partial charge in [0.25, 0.3) is 5.91 Å². The molecule has 0 unspecified atom stereocenters. The molecule has 0 spiro atoms. The van der Waals surface area contributed by atoms with Gasteiger partial charge in [-0.3, -0.25) is 9.59 Å². The highest BCUT2D eigenvalue weighted by molar-refractivity contribution is 6.02. The molecule has 3 rings (SSSR count). The van der Waals surface area contributed by atoms with Crippen LogP contribution in [0.5, 0.6) is 0 Å². The normalized spacial score (nSPS) is 16.3. The van der Waals surface area contributed by atoms with E-state index in [4.69, 9.17) is 9.15 Å². The minimum Gasteiger partial charge on any atom is -0.461 e. The molecule has 0 aliphatic carbocycles. The Morgan fingerprint density at radius 3 is 2.73 bits per heavy atom. The first kappa shape index (κ1) is 21.4. The smallest absolute Gasteiger partial charge is 0.354 e. The van der Waals surface area contributed by atoms with Crippen molar-refractivity contribution in [2.24, 2.45) is 5.92 Å². The molecule has 2 heterocycles. The molecule has 0 saturated carbocycles. The predicted molar refractivity (Wildman–Crippen MR) is 111 cm³/mol. The maximum atomic E-state index is 12.8. The van der Waals surface area contributed by atoms with Crippen molar-refractivity contribution in [2.45, 2.75) is 33.1 Å². The predicted octanol–water partition coefficient (Wildman–Crippen LogP) is 3.35. The quantitative estimate of drug-likeness (QED) is 0.514. The molecule has 1 fully saturated rings. The lowest BCUT2D eigenvalue weighted by Gasteiger charge is -2.10. The first-order valence-electron chi connectivity index (χ1n) is 10.1. The zero-order chi connectivity index (χ0) is 21.5. The van der Waals surface area contributed by atoms with Crippen molar-refractivity contribution in [3.8, 4) is 11.3 Å². The SMILES string of the molecule is CCOC(=O)C(=CCC[C@H]1CCNC1=O)NC(=O)c1cc(-c2ccccc2)oc1C. The number of allylic oxidation sites excluding steroid dienone is 1. The van der Waals surface area contributed by atoms with Crippen LogP contribution >= 0.6 is 0 Å². The van der Waals surface area contributed by atoms with Crippen molar-refractivity contribution < 1.29 is 23.5 Å². The summed E-state index contributed by atoms with van der Waals surface area (Å²) in [6.45, 7) is 4.28. The molecule has 7 heteroatoms. The number of hydrogen-bond donors (Lipinski definition) is 2. The Hall–Kier alpha value is -3.35. The van der Waals surface area contributed by atoms with E-state index in [-0.39, 0.29) is 24.1 Å². The van der Waals surface area contributed by atoms with E-state index < -0.39 is 11.9 Å². The van der Waals surface area contributed by atoms with Gasteiger partial charge < -0.3 is 19.8 Å². The van der Waals surface area contributed by atoms with Crippen LogP contribution in [-0.2, 0) is 14.3 Å². The van der Waals surface area contributed by atoms with Crippen LogP contribution < -0.4 is 10.6 Å². The van der Waals surface area contributed by atoms with Gasteiger partial charge in [-0.2, -0.15) is 0 Å². The lowest BCUT2D eigenvalue weighted by atomic mass is 10.0. The summed E-state index contributed by atoms with van der Waals surface area (Å²) in [7, 11) is 0. The van der Waals surface area contributed by atoms with Crippen LogP contribution in [0.15, 0.2) is 52.6 Å². The largest absolute Gasteiger partial charge is 0.461 e. The standard InChI is InChI=1S/C23H26N2O5/c1-3-29-23(28)19(11-7-10-17-12-13-24-21(17)26)25-22(27)18-14-20(30-15(18)2)16-8-5-4-6-9-16/h4-6,8-9,11,14,17H,3,7,10,12-13H2,1-2H3,(H,24,26)(H,25,27)/t17-/m0/s1. The first-order valence-corrected chi connectivity index (χ1v) is 10.1. The van der Waals surface area contributed by atoms with E-state index in [1.165, 1.54) is 0 Å². The second kappa shape index (κ2) is 9.91. The summed E-state index contributed by atoms with van der Waals surface area (Å²) in [5, 5.41) is 5.44. The van der Waals surface area contributed by atoms with Crippen molar-refractivity contribution in [1.82, 2.24) is 10.6 Å². The minimum atomic E-state index is -0.605. The molecular formula is C23H26N2O5. The molecule has 1 aromatic heterocycles. The summed E-state index contributed by atoms with van der Waals surface area (Å²) < 4.78 is 10.8. The van der Waals surface area contributed by atoms with Crippen LogP contribution in [0.25, 0.3) is 11.3 Å². The van der Waals surface area contributed by atoms with Crippen LogP contribution in [0, 0.1) is 12.8 Å². The molecule has 1 aliphatic rings. The molecule has 30 heavy (non-hydrogen) atoms. The number of aryl methyl sites for hydroxylation is 1. The highest BCUT2D eigenvalue weighted by atomic mass is 16.5. The zero-order valence-electron chi connectivity index (χ0n) is 17.2. The summed E-state index contributed by atoms with van der Waals surface area (Å²) in [5.41, 5.74) is 1.27. The average molecular weight is 410 g/mol. The lowest BCUT2D eigenvalue weighted by Crippen LogP contribution is -2.29. The molecule has 0 radical (unpaired) electrons. The molecule has 2 amide bonds. The third kappa shape index (κ3) is 5.17. The molecule has 0 bridgehead atoms. The number of esters is 1. The summed E-state index contributed by atoms with van der Waals surface area (Å²) >= 11 is 0. The van der Waals surface area contributed by atoms with Gasteiger partial charge in [0.2, 0.25) is 5.91 Å². The highest BCUT2D eigenvalue weighted by Crippen LogP contribution is 2.25. The van der Waals surface area contributed by atoms with E-state index in [0.717, 1.165) is 12.0 Å². The van der Waals surface area contributed by atoms with Crippen molar-refractivity contribution in [3.63, 3.8) is 0 Å². The Labute approximate surface area is 175 Å². The van der Waals surface area contributed by atoms with Gasteiger partial charge in [-0.05, 0) is 39.2 Å². The fourth-order valence-electron chi connectivity index (χ4n) is 3.39. The molecule has 1 saturated heterocycles. The van der Waals surface area contributed by atoms with Crippen molar-refractivity contribution in [1.29, 1.82) is 0 Å². The van der Waals surface area contributed by atoms with Crippen LogP contribution in [0.3, 0.4) is 0 Å². The fraction of sp³-hybridized carbons (Fsp3) is 0.348. The fourth-order valence-corrected chi connectivity index (χ4v) is 3.39. The topological polar surface area (TPSA) is 97.6 Å². The number of nitrogens with one attached hydrogen (secondary N) is 2. The average Bonchev–Trinajstić information content (AvgIpc) is 3.33. The molecular weight excluding hydrogens is 384 g/mol. The Bertz CT molecular complexity index is 946. The number of rotatable bonds is 8. The first-order chi connectivity index (χ1) is 14.5. The van der Waals surface area contributed by atoms with Crippen LogP contribution in [0.1, 0.15) is 42.3 Å². The number of amides is 2. The molecule has 158 valence electrons. The maximum absolute atomic E-state index is 12.8. The number of carbonyl (C=O) groups is 3. The number of hydrogen-bond acceptors (Lipinski definition) is 5. The third-order valence-corrected chi connectivity index (χ3v) is 4.99. The van der Waals surface area contributed by atoms with Gasteiger partial charge in [0.05, 0.1) is 12.2 Å². The highest BCUT2D eigenvalue weighted by Gasteiger charge is 2.24. The van der Waals surface area contributed by atoms with E-state index in [1.54, 1.807) is 26.0 Å². The van der Waals surface area contributed by atoms with E-state index in [1.807, 2.05) is 30.3 Å². The lowest BCUT2D eigenvalue weighted by molar-refractivity contribution is -0.138. The monoisotopic (exact) mass is 410 g/mol. The molecule has 1 atom stereocenters. The summed E-state index contributed by atoms with van der Waals surface area (Å²) in [6.07, 6.45) is 3.49.